The van der Waals surface area contributed by atoms with Crippen LogP contribution < -0.4 is 5.32 Å². The molecule has 5 heteroatoms. The van der Waals surface area contributed by atoms with Gasteiger partial charge in [-0.05, 0) is 58.0 Å². The summed E-state index contributed by atoms with van der Waals surface area (Å²) in [5.41, 5.74) is 0. The van der Waals surface area contributed by atoms with Gasteiger partial charge in [0.2, 0.25) is 0 Å². The van der Waals surface area contributed by atoms with Crippen LogP contribution in [-0.2, 0) is 0 Å². The van der Waals surface area contributed by atoms with Crippen LogP contribution in [0, 0.1) is 5.82 Å². The van der Waals surface area contributed by atoms with E-state index in [1.54, 1.807) is 28.7 Å². The predicted octanol–water partition coefficient (Wildman–Crippen LogP) is 5.17. The highest BCUT2D eigenvalue weighted by atomic mass is 79.9. The van der Waals surface area contributed by atoms with Crippen LogP contribution in [0.4, 0.5) is 4.39 Å². The Labute approximate surface area is 127 Å². The molecule has 0 radical (unpaired) electrons. The highest BCUT2D eigenvalue weighted by Crippen LogP contribution is 2.38. The standard InChI is InChI=1S/C14H11BrFNS2/c1-17-13(14-10(15)4-5-18-14)12-6-8-2-3-9(16)7-11(8)19-12/h2-7,13,17H,1H3. The number of nitrogens with one attached hydrogen (secondary N) is 1. The largest absolute Gasteiger partial charge is 0.308 e. The molecule has 1 unspecified atom stereocenters. The van der Waals surface area contributed by atoms with Gasteiger partial charge in [0.05, 0.1) is 6.04 Å². The second-order valence-electron chi connectivity index (χ2n) is 4.19. The quantitative estimate of drug-likeness (QED) is 0.682. The Morgan fingerprint density at radius 2 is 2.11 bits per heavy atom. The fourth-order valence-corrected chi connectivity index (χ4v) is 5.09. The minimum Gasteiger partial charge on any atom is -0.308 e. The van der Waals surface area contributed by atoms with Crippen LogP contribution in [-0.4, -0.2) is 7.05 Å². The molecule has 0 aliphatic rings. The number of hydrogen-bond acceptors (Lipinski definition) is 3. The summed E-state index contributed by atoms with van der Waals surface area (Å²) in [6.07, 6.45) is 0. The molecule has 1 aromatic carbocycles. The Kier molecular flexibility index (Phi) is 3.71. The van der Waals surface area contributed by atoms with E-state index in [-0.39, 0.29) is 11.9 Å². The van der Waals surface area contributed by atoms with Gasteiger partial charge in [-0.1, -0.05) is 6.07 Å². The van der Waals surface area contributed by atoms with E-state index in [9.17, 15) is 4.39 Å². The molecular weight excluding hydrogens is 345 g/mol. The molecule has 1 nitrogen and oxygen atoms in total. The summed E-state index contributed by atoms with van der Waals surface area (Å²) in [5.74, 6) is -0.181. The zero-order valence-electron chi connectivity index (χ0n) is 10.1. The maximum absolute atomic E-state index is 13.3. The van der Waals surface area contributed by atoms with E-state index in [0.717, 1.165) is 14.6 Å². The molecule has 3 rings (SSSR count). The monoisotopic (exact) mass is 355 g/mol. The van der Waals surface area contributed by atoms with Crippen LogP contribution in [0.25, 0.3) is 10.1 Å². The molecule has 1 N–H and O–H groups in total. The van der Waals surface area contributed by atoms with Gasteiger partial charge in [0.1, 0.15) is 5.82 Å². The third-order valence-corrected chi connectivity index (χ3v) is 6.08. The Hall–Kier alpha value is -0.750. The lowest BCUT2D eigenvalue weighted by Gasteiger charge is -2.13. The molecule has 0 aliphatic carbocycles. The summed E-state index contributed by atoms with van der Waals surface area (Å²) in [6, 6.07) is 9.27. The van der Waals surface area contributed by atoms with Crippen LogP contribution in [0.15, 0.2) is 40.2 Å². The van der Waals surface area contributed by atoms with Gasteiger partial charge in [0.15, 0.2) is 0 Å². The number of rotatable bonds is 3. The first kappa shape index (κ1) is 13.2. The van der Waals surface area contributed by atoms with Gasteiger partial charge in [-0.3, -0.25) is 0 Å². The van der Waals surface area contributed by atoms with Gasteiger partial charge >= 0.3 is 0 Å². The Morgan fingerprint density at radius 3 is 2.79 bits per heavy atom. The molecular formula is C14H11BrFNS2. The molecule has 0 aliphatic heterocycles. The first-order valence-corrected chi connectivity index (χ1v) is 8.27. The average molecular weight is 356 g/mol. The number of hydrogen-bond donors (Lipinski definition) is 1. The van der Waals surface area contributed by atoms with Crippen LogP contribution in [0.3, 0.4) is 0 Å². The van der Waals surface area contributed by atoms with Gasteiger partial charge in [0.25, 0.3) is 0 Å². The molecule has 1 atom stereocenters. The van der Waals surface area contributed by atoms with E-state index in [1.165, 1.54) is 15.8 Å². The number of fused-ring (bicyclic) bond motifs is 1. The number of thiophene rings is 2. The normalized spacial score (nSPS) is 13.0. The summed E-state index contributed by atoms with van der Waals surface area (Å²) in [7, 11) is 1.95. The van der Waals surface area contributed by atoms with E-state index in [0.29, 0.717) is 0 Å². The fourth-order valence-electron chi connectivity index (χ4n) is 2.08. The Balaban J connectivity index is 2.09. The van der Waals surface area contributed by atoms with Crippen LogP contribution in [0.2, 0.25) is 0 Å². The molecule has 98 valence electrons. The Morgan fingerprint density at radius 1 is 1.26 bits per heavy atom. The van der Waals surface area contributed by atoms with Gasteiger partial charge in [0, 0.05) is 18.9 Å². The lowest BCUT2D eigenvalue weighted by atomic mass is 10.1. The second-order valence-corrected chi connectivity index (χ2v) is 7.10. The van der Waals surface area contributed by atoms with Crippen molar-refractivity contribution < 1.29 is 4.39 Å². The zero-order chi connectivity index (χ0) is 13.4. The number of benzene rings is 1. The average Bonchev–Trinajstić information content (AvgIpc) is 2.97. The lowest BCUT2D eigenvalue weighted by molar-refractivity contribution is 0.630. The summed E-state index contributed by atoms with van der Waals surface area (Å²) < 4.78 is 15.4. The smallest absolute Gasteiger partial charge is 0.124 e. The van der Waals surface area contributed by atoms with Crippen molar-refractivity contribution in [3.8, 4) is 0 Å². The first-order chi connectivity index (χ1) is 9.19. The van der Waals surface area contributed by atoms with Crippen molar-refractivity contribution in [1.29, 1.82) is 0 Å². The molecule has 0 spiro atoms. The third-order valence-electron chi connectivity index (χ3n) is 2.98. The molecule has 0 bridgehead atoms. The molecule has 0 fully saturated rings. The maximum Gasteiger partial charge on any atom is 0.124 e. The van der Waals surface area contributed by atoms with Crippen molar-refractivity contribution in [1.82, 2.24) is 5.32 Å². The minimum absolute atomic E-state index is 0.148. The SMILES string of the molecule is CNC(c1cc2ccc(F)cc2s1)c1sccc1Br. The van der Waals surface area contributed by atoms with Gasteiger partial charge in [-0.15, -0.1) is 22.7 Å². The van der Waals surface area contributed by atoms with E-state index in [1.807, 2.05) is 13.1 Å². The molecule has 0 saturated carbocycles. The number of halogens is 2. The van der Waals surface area contributed by atoms with E-state index in [2.05, 4.69) is 38.8 Å². The first-order valence-electron chi connectivity index (χ1n) is 5.78. The summed E-state index contributed by atoms with van der Waals surface area (Å²) >= 11 is 6.92. The topological polar surface area (TPSA) is 12.0 Å². The van der Waals surface area contributed by atoms with Crippen molar-refractivity contribution in [2.45, 2.75) is 6.04 Å². The molecule has 3 aromatic rings. The van der Waals surface area contributed by atoms with Gasteiger partial charge < -0.3 is 5.32 Å². The van der Waals surface area contributed by atoms with Crippen molar-refractivity contribution in [2.24, 2.45) is 0 Å². The maximum atomic E-state index is 13.3. The van der Waals surface area contributed by atoms with E-state index < -0.39 is 0 Å². The summed E-state index contributed by atoms with van der Waals surface area (Å²) in [6.45, 7) is 0. The molecule has 0 amide bonds. The van der Waals surface area contributed by atoms with Crippen LogP contribution >= 0.6 is 38.6 Å². The molecule has 2 aromatic heterocycles. The highest BCUT2D eigenvalue weighted by molar-refractivity contribution is 9.10. The molecule has 2 heterocycles. The van der Waals surface area contributed by atoms with Crippen molar-refractivity contribution >= 4 is 48.7 Å². The highest BCUT2D eigenvalue weighted by Gasteiger charge is 2.18. The van der Waals surface area contributed by atoms with Crippen molar-refractivity contribution in [2.75, 3.05) is 7.05 Å². The predicted molar refractivity (Wildman–Crippen MR) is 84.7 cm³/mol. The van der Waals surface area contributed by atoms with E-state index >= 15 is 0 Å². The lowest BCUT2D eigenvalue weighted by Crippen LogP contribution is -2.15. The van der Waals surface area contributed by atoms with Crippen molar-refractivity contribution in [3.63, 3.8) is 0 Å². The van der Waals surface area contributed by atoms with Gasteiger partial charge in [-0.25, -0.2) is 4.39 Å². The van der Waals surface area contributed by atoms with Crippen LogP contribution in [0.5, 0.6) is 0 Å². The van der Waals surface area contributed by atoms with Crippen molar-refractivity contribution in [3.05, 3.63) is 55.8 Å². The minimum atomic E-state index is -0.181. The molecule has 0 saturated heterocycles. The van der Waals surface area contributed by atoms with E-state index in [4.69, 9.17) is 0 Å². The third kappa shape index (κ3) is 2.48. The van der Waals surface area contributed by atoms with Crippen LogP contribution in [0.1, 0.15) is 15.8 Å². The zero-order valence-corrected chi connectivity index (χ0v) is 13.3. The summed E-state index contributed by atoms with van der Waals surface area (Å²) in [4.78, 5) is 2.45. The summed E-state index contributed by atoms with van der Waals surface area (Å²) in [5, 5.41) is 6.49. The fraction of sp³-hybridized carbons (Fsp3) is 0.143. The second kappa shape index (κ2) is 5.32. The van der Waals surface area contributed by atoms with Gasteiger partial charge in [-0.2, -0.15) is 0 Å². The molecule has 19 heavy (non-hydrogen) atoms. The Bertz CT molecular complexity index is 719.